The first-order valence-corrected chi connectivity index (χ1v) is 11.9. The molecule has 0 spiro atoms. The van der Waals surface area contributed by atoms with Crippen molar-refractivity contribution in [2.75, 3.05) is 6.61 Å². The number of halogens is 5. The van der Waals surface area contributed by atoms with Crippen LogP contribution in [0.3, 0.4) is 0 Å². The number of rotatable bonds is 10. The molecule has 2 rings (SSSR count). The van der Waals surface area contributed by atoms with Crippen LogP contribution in [0.5, 0.6) is 5.75 Å². The van der Waals surface area contributed by atoms with Crippen LogP contribution in [-0.4, -0.2) is 6.61 Å². The summed E-state index contributed by atoms with van der Waals surface area (Å²) < 4.78 is 69.0. The fourth-order valence-electron chi connectivity index (χ4n) is 3.73. The number of ether oxygens (including phenoxy) is 1. The summed E-state index contributed by atoms with van der Waals surface area (Å²) in [5.74, 6) is 1.37. The molecule has 0 aliphatic heterocycles. The molecule has 1 nitrogen and oxygen atoms in total. The van der Waals surface area contributed by atoms with E-state index in [1.54, 1.807) is 0 Å². The maximum atomic E-state index is 12.7. The lowest BCUT2D eigenvalue weighted by Crippen LogP contribution is -2.20. The first-order valence-electron chi connectivity index (χ1n) is 9.95. The summed E-state index contributed by atoms with van der Waals surface area (Å²) in [4.78, 5) is -1.87. The molecule has 1 aromatic carbocycles. The Hall–Kier alpha value is -0.980. The molecule has 1 aliphatic rings. The minimum atomic E-state index is -9.60. The summed E-state index contributed by atoms with van der Waals surface area (Å²) >= 11 is 0. The summed E-state index contributed by atoms with van der Waals surface area (Å²) in [6, 6.07) is 2.78. The summed E-state index contributed by atoms with van der Waals surface area (Å²) in [6.45, 7) is 2.64. The molecule has 1 fully saturated rings. The minimum absolute atomic E-state index is 0.207. The number of unbranched alkanes of at least 4 members (excludes halogenated alkanes) is 4. The molecular formula is C20H31F5OS. The van der Waals surface area contributed by atoms with Crippen LogP contribution >= 0.6 is 10.2 Å². The fourth-order valence-corrected chi connectivity index (χ4v) is 4.38. The lowest BCUT2D eigenvalue weighted by molar-refractivity contribution is 0.177. The van der Waals surface area contributed by atoms with E-state index in [2.05, 4.69) is 6.92 Å². The Bertz CT molecular complexity index is 576. The predicted molar refractivity (Wildman–Crippen MR) is 102 cm³/mol. The minimum Gasteiger partial charge on any atom is -0.493 e. The normalized spacial score (nSPS) is 23.5. The van der Waals surface area contributed by atoms with E-state index in [1.165, 1.54) is 51.4 Å². The van der Waals surface area contributed by atoms with Crippen LogP contribution in [0.1, 0.15) is 71.1 Å². The lowest BCUT2D eigenvalue weighted by Gasteiger charge is -2.40. The molecule has 1 aliphatic carbocycles. The van der Waals surface area contributed by atoms with Crippen molar-refractivity contribution in [2.45, 2.75) is 76.0 Å². The van der Waals surface area contributed by atoms with E-state index >= 15 is 0 Å². The molecule has 0 atom stereocenters. The highest BCUT2D eigenvalue weighted by molar-refractivity contribution is 8.45. The van der Waals surface area contributed by atoms with Gasteiger partial charge in [0, 0.05) is 0 Å². The topological polar surface area (TPSA) is 9.23 Å². The number of hydrogen-bond acceptors (Lipinski definition) is 1. The maximum absolute atomic E-state index is 12.7. The number of benzene rings is 1. The van der Waals surface area contributed by atoms with E-state index in [0.29, 0.717) is 24.7 Å². The van der Waals surface area contributed by atoms with Gasteiger partial charge in [-0.15, -0.1) is 0 Å². The Labute approximate surface area is 159 Å². The second-order valence-corrected chi connectivity index (χ2v) is 10.3. The summed E-state index contributed by atoms with van der Waals surface area (Å²) in [5.41, 5.74) is 0. The fraction of sp³-hybridized carbons (Fsp3) is 0.700. The molecule has 27 heavy (non-hydrogen) atoms. The van der Waals surface area contributed by atoms with Gasteiger partial charge in [-0.1, -0.05) is 77.7 Å². The van der Waals surface area contributed by atoms with E-state index in [1.807, 2.05) is 0 Å². The van der Waals surface area contributed by atoms with E-state index in [0.717, 1.165) is 30.9 Å². The number of hydrogen-bond donors (Lipinski definition) is 0. The van der Waals surface area contributed by atoms with Crippen LogP contribution in [0.15, 0.2) is 29.2 Å². The zero-order chi connectivity index (χ0) is 20.0. The van der Waals surface area contributed by atoms with Crippen LogP contribution in [0, 0.1) is 11.8 Å². The highest BCUT2D eigenvalue weighted by Crippen LogP contribution is 3.02. The molecule has 0 heterocycles. The Morgan fingerprint density at radius 3 is 1.93 bits per heavy atom. The maximum Gasteiger partial charge on any atom is 0.310 e. The third kappa shape index (κ3) is 7.88. The van der Waals surface area contributed by atoms with Crippen LogP contribution in [-0.2, 0) is 0 Å². The van der Waals surface area contributed by atoms with Crippen molar-refractivity contribution in [2.24, 2.45) is 11.8 Å². The van der Waals surface area contributed by atoms with Crippen molar-refractivity contribution in [3.05, 3.63) is 24.3 Å². The Morgan fingerprint density at radius 1 is 0.815 bits per heavy atom. The van der Waals surface area contributed by atoms with Gasteiger partial charge < -0.3 is 4.74 Å². The second-order valence-electron chi connectivity index (χ2n) is 7.84. The molecule has 0 N–H and O–H groups in total. The molecule has 0 aromatic heterocycles. The van der Waals surface area contributed by atoms with Crippen LogP contribution in [0.25, 0.3) is 0 Å². The molecule has 0 saturated heterocycles. The van der Waals surface area contributed by atoms with E-state index in [9.17, 15) is 19.4 Å². The third-order valence-corrected chi connectivity index (χ3v) is 6.60. The van der Waals surface area contributed by atoms with Crippen molar-refractivity contribution in [3.8, 4) is 5.75 Å². The van der Waals surface area contributed by atoms with Gasteiger partial charge >= 0.3 is 10.2 Å². The van der Waals surface area contributed by atoms with Gasteiger partial charge in [0.2, 0.25) is 0 Å². The van der Waals surface area contributed by atoms with E-state index in [4.69, 9.17) is 4.74 Å². The monoisotopic (exact) mass is 414 g/mol. The van der Waals surface area contributed by atoms with Gasteiger partial charge in [0.05, 0.1) is 6.61 Å². The van der Waals surface area contributed by atoms with Gasteiger partial charge in [-0.25, -0.2) is 0 Å². The summed E-state index contributed by atoms with van der Waals surface area (Å²) in [7, 11) is -9.60. The van der Waals surface area contributed by atoms with Crippen LogP contribution < -0.4 is 4.74 Å². The van der Waals surface area contributed by atoms with E-state index < -0.39 is 15.1 Å². The molecule has 0 bridgehead atoms. The Morgan fingerprint density at radius 2 is 1.37 bits per heavy atom. The van der Waals surface area contributed by atoms with Crippen molar-refractivity contribution >= 4 is 10.2 Å². The standard InChI is InChI=1S/C20H31F5OS/c1-2-3-4-5-6-7-17-8-10-18(11-9-17)16-26-19-12-14-20(15-13-19)27(21,22,23,24)25/h12-15,17-18H,2-11,16H2,1H3/t17-,18-. The molecule has 0 unspecified atom stereocenters. The van der Waals surface area contributed by atoms with Gasteiger partial charge in [0.25, 0.3) is 0 Å². The molecule has 0 amide bonds. The highest BCUT2D eigenvalue weighted by atomic mass is 32.5. The Kier molecular flexibility index (Phi) is 6.76. The van der Waals surface area contributed by atoms with Crippen LogP contribution in [0.4, 0.5) is 19.4 Å². The van der Waals surface area contributed by atoms with Crippen molar-refractivity contribution in [1.82, 2.24) is 0 Å². The predicted octanol–water partition coefficient (Wildman–Crippen LogP) is 8.89. The quantitative estimate of drug-likeness (QED) is 0.274. The van der Waals surface area contributed by atoms with Gasteiger partial charge in [-0.05, 0) is 48.9 Å². The van der Waals surface area contributed by atoms with Crippen molar-refractivity contribution in [1.29, 1.82) is 0 Å². The molecule has 158 valence electrons. The molecule has 7 heteroatoms. The SMILES string of the molecule is CCCCCCC[C@H]1CC[C@H](COc2ccc(S(F)(F)(F)(F)F)cc2)CC1. The average molecular weight is 415 g/mol. The average Bonchev–Trinajstić information content (AvgIpc) is 2.59. The first kappa shape index (κ1) is 22.3. The largest absolute Gasteiger partial charge is 0.493 e. The highest BCUT2D eigenvalue weighted by Gasteiger charge is 2.65. The zero-order valence-electron chi connectivity index (χ0n) is 15.9. The van der Waals surface area contributed by atoms with Gasteiger partial charge in [0.1, 0.15) is 10.6 Å². The van der Waals surface area contributed by atoms with Crippen LogP contribution in [0.2, 0.25) is 0 Å². The smallest absolute Gasteiger partial charge is 0.310 e. The molecule has 1 saturated carbocycles. The second kappa shape index (κ2) is 8.18. The van der Waals surface area contributed by atoms with Gasteiger partial charge in [-0.3, -0.25) is 0 Å². The first-order chi connectivity index (χ1) is 12.5. The summed E-state index contributed by atoms with van der Waals surface area (Å²) in [5, 5.41) is 0. The zero-order valence-corrected chi connectivity index (χ0v) is 16.8. The molecular weight excluding hydrogens is 383 g/mol. The Balaban J connectivity index is 1.70. The summed E-state index contributed by atoms with van der Waals surface area (Å²) in [6.07, 6.45) is 12.2. The van der Waals surface area contributed by atoms with Gasteiger partial charge in [0.15, 0.2) is 0 Å². The molecule has 1 aromatic rings. The third-order valence-electron chi connectivity index (χ3n) is 5.44. The van der Waals surface area contributed by atoms with Crippen molar-refractivity contribution in [3.63, 3.8) is 0 Å². The van der Waals surface area contributed by atoms with Gasteiger partial charge in [-0.2, -0.15) is 0 Å². The molecule has 0 radical (unpaired) electrons. The van der Waals surface area contributed by atoms with Crippen molar-refractivity contribution < 1.29 is 24.2 Å². The van der Waals surface area contributed by atoms with E-state index in [-0.39, 0.29) is 5.75 Å². The lowest BCUT2D eigenvalue weighted by atomic mass is 9.80.